The van der Waals surface area contributed by atoms with Crippen molar-refractivity contribution < 1.29 is 87.0 Å². The molecule has 33 nitrogen and oxygen atoms in total. The number of H-pyrrole nitrogens is 1. The number of phenols is 1. The summed E-state index contributed by atoms with van der Waals surface area (Å²) in [4.78, 5) is 176. The second-order valence-electron chi connectivity index (χ2n) is 23.7. The zero-order valence-electron chi connectivity index (χ0n) is 52.0. The number of nitrogens with two attached hydrogens (primary N) is 2. The lowest BCUT2D eigenvalue weighted by Crippen LogP contribution is -2.62. The van der Waals surface area contributed by atoms with Crippen LogP contribution in [0.2, 0.25) is 0 Å². The molecule has 2 fully saturated rings. The lowest BCUT2D eigenvalue weighted by Gasteiger charge is -2.35. The molecular formula is C58H89N15O18S. The Balaban J connectivity index is 1.32. The van der Waals surface area contributed by atoms with E-state index < -0.39 is 176 Å². The summed E-state index contributed by atoms with van der Waals surface area (Å²) in [5, 5.41) is 66.5. The number of fused-ring (bicyclic) bond motifs is 5. The fourth-order valence-electron chi connectivity index (χ4n) is 11.4. The summed E-state index contributed by atoms with van der Waals surface area (Å²) >= 11 is 0. The number of amides is 12. The molecule has 18 N–H and O–H groups in total. The molecule has 92 heavy (non-hydrogen) atoms. The third-order valence-electron chi connectivity index (χ3n) is 16.9. The number of aliphatic hydroxyl groups excluding tert-OH is 3. The van der Waals surface area contributed by atoms with Crippen LogP contribution in [0.4, 0.5) is 0 Å². The van der Waals surface area contributed by atoms with Gasteiger partial charge in [-0.05, 0) is 49.3 Å². The molecule has 0 aliphatic carbocycles. The fraction of sp³-hybridized carbons (Fsp3) is 0.655. The molecule has 6 rings (SSSR count). The van der Waals surface area contributed by atoms with Crippen molar-refractivity contribution >= 4 is 92.6 Å². The Hall–Kier alpha value is -7.89. The molecule has 5 heterocycles. The molecule has 0 spiro atoms. The summed E-state index contributed by atoms with van der Waals surface area (Å²) in [7, 11) is -2.51. The van der Waals surface area contributed by atoms with Gasteiger partial charge in [0.25, 0.3) is 0 Å². The quantitative estimate of drug-likeness (QED) is 0.0364. The predicted octanol–water partition coefficient (Wildman–Crippen LogP) is -6.03. The maximum absolute atomic E-state index is 15.3. The Labute approximate surface area is 533 Å². The number of aromatic hydroxyl groups is 1. The Morgan fingerprint density at radius 3 is 2.08 bits per heavy atom. The summed E-state index contributed by atoms with van der Waals surface area (Å²) in [6, 6.07) is -7.56. The van der Waals surface area contributed by atoms with Crippen molar-refractivity contribution in [1.82, 2.24) is 67.5 Å². The van der Waals surface area contributed by atoms with Crippen LogP contribution in [0.3, 0.4) is 0 Å². The molecule has 1 unspecified atom stereocenters. The van der Waals surface area contributed by atoms with E-state index in [-0.39, 0.29) is 70.1 Å². The smallest absolute Gasteiger partial charge is 0.248 e. The van der Waals surface area contributed by atoms with Gasteiger partial charge in [0.15, 0.2) is 0 Å². The maximum Gasteiger partial charge on any atom is 0.248 e. The standard InChI is InChI=1S/C58H89N15O18S/c1-4-31(2)49-55(87)64-24-45(80)65-39-30-92(90)57-35(34-13-14-41(76)36(51(34)70-57)27-71-17-19-72(20-18-71)48(83)12-8-6-10-15-61-44(79)11-7-5-9-16-62-47(82)29-91-60)22-37(52(84)63-25-46(81)68-49)66-56(88)50(32(3)42(77)28-74)69-54(86)40-21-33(75)26-73(40)58(89)38(23-43(59)78)67-53(39)85/h13-14,31-33,37-40,42,49-50,70,74-77H,4-12,15-30,60H2,1-3H3,(H2,59,78)(H,61,79)(H,62,82)(H,63,84)(H,64,87)(H,65,80)(H,66,88)(H,67,85)(H,68,81)(H,69,86)/t31-,32+,33+,37+,38-,39+,40-,42+,49-,50-,92?/m0/s1. The van der Waals surface area contributed by atoms with Crippen LogP contribution in [0, 0.1) is 11.8 Å². The highest BCUT2D eigenvalue weighted by molar-refractivity contribution is 7.85. The third kappa shape index (κ3) is 20.6. The number of nitrogens with zero attached hydrogens (tertiary/aromatic N) is 3. The van der Waals surface area contributed by atoms with E-state index >= 15 is 4.21 Å². The second-order valence-corrected chi connectivity index (χ2v) is 25.1. The molecule has 510 valence electrons. The summed E-state index contributed by atoms with van der Waals surface area (Å²) in [6.07, 6.45) is -0.0222. The van der Waals surface area contributed by atoms with Crippen LogP contribution in [0.15, 0.2) is 17.2 Å². The van der Waals surface area contributed by atoms with Gasteiger partial charge in [-0.3, -0.25) is 71.5 Å². The highest BCUT2D eigenvalue weighted by atomic mass is 32.2. The predicted molar refractivity (Wildman–Crippen MR) is 327 cm³/mol. The molecule has 1 aromatic heterocycles. The van der Waals surface area contributed by atoms with E-state index in [1.54, 1.807) is 18.7 Å². The largest absolute Gasteiger partial charge is 0.508 e. The van der Waals surface area contributed by atoms with Gasteiger partial charge in [0.1, 0.15) is 53.6 Å². The fourth-order valence-corrected chi connectivity index (χ4v) is 12.7. The Morgan fingerprint density at radius 1 is 0.772 bits per heavy atom. The van der Waals surface area contributed by atoms with Crippen LogP contribution in [0.5, 0.6) is 5.75 Å². The van der Waals surface area contributed by atoms with Gasteiger partial charge in [0.2, 0.25) is 70.9 Å². The van der Waals surface area contributed by atoms with Crippen LogP contribution < -0.4 is 59.5 Å². The van der Waals surface area contributed by atoms with Crippen molar-refractivity contribution in [2.45, 2.75) is 158 Å². The van der Waals surface area contributed by atoms with E-state index in [9.17, 15) is 78.0 Å². The van der Waals surface area contributed by atoms with Crippen LogP contribution >= 0.6 is 0 Å². The number of aromatic nitrogens is 1. The van der Waals surface area contributed by atoms with Gasteiger partial charge in [0, 0.05) is 94.9 Å². The van der Waals surface area contributed by atoms with Crippen LogP contribution in [-0.2, 0) is 86.1 Å². The first-order chi connectivity index (χ1) is 43.8. The van der Waals surface area contributed by atoms with Crippen molar-refractivity contribution in [3.63, 3.8) is 0 Å². The number of benzene rings is 1. The molecule has 2 saturated heterocycles. The van der Waals surface area contributed by atoms with Crippen molar-refractivity contribution in [3.05, 3.63) is 23.3 Å². The minimum Gasteiger partial charge on any atom is -0.508 e. The van der Waals surface area contributed by atoms with E-state index in [1.807, 2.05) is 4.90 Å². The minimum absolute atomic E-state index is 0.0310. The minimum atomic E-state index is -2.51. The highest BCUT2D eigenvalue weighted by Gasteiger charge is 2.45. The molecule has 4 aliphatic heterocycles. The van der Waals surface area contributed by atoms with Gasteiger partial charge >= 0.3 is 0 Å². The Bertz CT molecular complexity index is 3030. The van der Waals surface area contributed by atoms with Gasteiger partial charge in [-0.25, -0.2) is 5.90 Å². The number of hydrogen-bond donors (Lipinski definition) is 16. The number of carbonyl (C=O) groups excluding carboxylic acids is 12. The van der Waals surface area contributed by atoms with Crippen molar-refractivity contribution in [2.75, 3.05) is 77.9 Å². The number of hydrogen-bond acceptors (Lipinski definition) is 20. The molecule has 0 radical (unpaired) electrons. The number of rotatable bonds is 23. The topological polar surface area (TPSA) is 498 Å². The summed E-state index contributed by atoms with van der Waals surface area (Å²) in [5.74, 6) is -8.10. The van der Waals surface area contributed by atoms with E-state index in [4.69, 9.17) is 11.6 Å². The first-order valence-corrected chi connectivity index (χ1v) is 32.4. The van der Waals surface area contributed by atoms with Gasteiger partial charge in [0.05, 0.1) is 60.4 Å². The SMILES string of the molecule is CC[C@H](C)[C@@H]1NC(=O)CNC(=O)[C@H]2Cc3c([nH]c4c(CN5CCN(C(=O)CCCCCNC(=O)CCCCCNC(=O)CON)CC5)c(O)ccc34)S(=O)C[C@@H](NC(=O)CNC1=O)C(=O)N[C@@H](CC(N)=O)C(=O)N1C[C@H](O)C[C@H]1C(=O)N[C@@H]([C@H](C)[C@H](O)CO)C(=O)N2. The van der Waals surface area contributed by atoms with E-state index in [2.05, 4.69) is 57.7 Å². The number of aliphatic hydroxyl groups is 3. The molecule has 4 aliphatic rings. The molecule has 2 bridgehead atoms. The van der Waals surface area contributed by atoms with Crippen LogP contribution in [0.1, 0.15) is 103 Å². The normalized spacial score (nSPS) is 24.5. The van der Waals surface area contributed by atoms with Crippen molar-refractivity contribution in [2.24, 2.45) is 23.5 Å². The van der Waals surface area contributed by atoms with E-state index in [1.165, 1.54) is 19.1 Å². The number of nitrogens with one attached hydrogen (secondary N) is 10. The van der Waals surface area contributed by atoms with Gasteiger partial charge in [-0.2, -0.15) is 0 Å². The lowest BCUT2D eigenvalue weighted by atomic mass is 9.93. The number of carbonyl (C=O) groups is 12. The molecule has 34 heteroatoms. The Morgan fingerprint density at radius 2 is 1.42 bits per heavy atom. The molecule has 2 aromatic rings. The number of phenolic OH excluding ortho intramolecular Hbond substituents is 1. The lowest BCUT2D eigenvalue weighted by molar-refractivity contribution is -0.144. The Kier molecular flexibility index (Phi) is 28.0. The van der Waals surface area contributed by atoms with Gasteiger partial charge < -0.3 is 88.8 Å². The monoisotopic (exact) mass is 1320 g/mol. The zero-order valence-corrected chi connectivity index (χ0v) is 52.8. The van der Waals surface area contributed by atoms with E-state index in [0.717, 1.165) is 11.3 Å². The maximum atomic E-state index is 15.3. The zero-order chi connectivity index (χ0) is 67.3. The average molecular weight is 1320 g/mol. The number of unbranched alkanes of at least 4 members (excludes halogenated alkanes) is 4. The summed E-state index contributed by atoms with van der Waals surface area (Å²) in [5.41, 5.74) is 6.04. The van der Waals surface area contributed by atoms with Gasteiger partial charge in [-0.15, -0.1) is 0 Å². The molecule has 11 atom stereocenters. The molecular weight excluding hydrogens is 1230 g/mol. The second kappa shape index (κ2) is 35.2. The summed E-state index contributed by atoms with van der Waals surface area (Å²) < 4.78 is 15.3. The average Bonchev–Trinajstić information content (AvgIpc) is 1.61. The number of primary amides is 1. The number of piperazine rings is 1. The molecule has 0 saturated carbocycles. The molecule has 12 amide bonds. The molecule has 1 aromatic carbocycles. The highest BCUT2D eigenvalue weighted by Crippen LogP contribution is 2.35. The van der Waals surface area contributed by atoms with Crippen molar-refractivity contribution in [3.8, 4) is 5.75 Å². The van der Waals surface area contributed by atoms with Crippen LogP contribution in [0.25, 0.3) is 10.9 Å². The summed E-state index contributed by atoms with van der Waals surface area (Å²) in [6.45, 7) is 3.61. The van der Waals surface area contributed by atoms with Crippen molar-refractivity contribution in [1.29, 1.82) is 0 Å². The third-order valence-corrected chi connectivity index (χ3v) is 18.4. The first kappa shape index (κ1) is 73.2. The first-order valence-electron chi connectivity index (χ1n) is 31.0. The van der Waals surface area contributed by atoms with Crippen LogP contribution in [-0.4, -0.2) is 242 Å². The number of aromatic amines is 1. The van der Waals surface area contributed by atoms with E-state index in [0.29, 0.717) is 84.2 Å². The van der Waals surface area contributed by atoms with Gasteiger partial charge in [-0.1, -0.05) is 40.0 Å².